The Morgan fingerprint density at radius 1 is 1.20 bits per heavy atom. The van der Waals surface area contributed by atoms with Gasteiger partial charge in [-0.1, -0.05) is 0 Å². The molecule has 0 fully saturated rings. The fourth-order valence-electron chi connectivity index (χ4n) is 3.17. The van der Waals surface area contributed by atoms with Gasteiger partial charge in [0.1, 0.15) is 35.3 Å². The quantitative estimate of drug-likeness (QED) is 0.292. The number of hydrogen-bond acceptors (Lipinski definition) is 9. The Labute approximate surface area is 202 Å². The van der Waals surface area contributed by atoms with Gasteiger partial charge < -0.3 is 24.3 Å². The Hall–Kier alpha value is -3.08. The number of benzene rings is 1. The molecule has 3 aromatic rings. The molecule has 0 aliphatic heterocycles. The van der Waals surface area contributed by atoms with E-state index in [1.54, 1.807) is 31.7 Å². The van der Waals surface area contributed by atoms with Crippen molar-refractivity contribution in [2.75, 3.05) is 12.1 Å². The number of imidazole rings is 1. The van der Waals surface area contributed by atoms with Gasteiger partial charge in [0, 0.05) is 0 Å². The van der Waals surface area contributed by atoms with Crippen LogP contribution in [-0.4, -0.2) is 49.6 Å². The van der Waals surface area contributed by atoms with Crippen LogP contribution in [0, 0.1) is 5.82 Å². The van der Waals surface area contributed by atoms with E-state index < -0.39 is 30.9 Å². The Balaban J connectivity index is 1.76. The molecule has 35 heavy (non-hydrogen) atoms. The minimum Gasteiger partial charge on any atom is -0.462 e. The SMILES string of the molecule is CC(C)OC(=O)C(C)(C)NP(=O)(COC(C)Cn1cnc2c(N)ncnc21)Oc1ccc(F)cc1. The van der Waals surface area contributed by atoms with E-state index in [0.717, 1.165) is 0 Å². The van der Waals surface area contributed by atoms with Crippen molar-refractivity contribution in [2.45, 2.75) is 58.9 Å². The highest BCUT2D eigenvalue weighted by Crippen LogP contribution is 2.45. The van der Waals surface area contributed by atoms with Crippen LogP contribution in [0.25, 0.3) is 11.2 Å². The number of hydrogen-bond donors (Lipinski definition) is 2. The molecule has 2 heterocycles. The Bertz CT molecular complexity index is 1220. The van der Waals surface area contributed by atoms with E-state index in [0.29, 0.717) is 17.7 Å². The van der Waals surface area contributed by atoms with Gasteiger partial charge in [0.05, 0.1) is 25.1 Å². The zero-order valence-electron chi connectivity index (χ0n) is 20.3. The first-order chi connectivity index (χ1) is 16.4. The number of aromatic nitrogens is 4. The zero-order valence-corrected chi connectivity index (χ0v) is 21.2. The van der Waals surface area contributed by atoms with Crippen LogP contribution in [0.3, 0.4) is 0 Å². The van der Waals surface area contributed by atoms with Gasteiger partial charge in [-0.05, 0) is 58.9 Å². The molecular weight excluding hydrogens is 478 g/mol. The van der Waals surface area contributed by atoms with Crippen LogP contribution in [0.4, 0.5) is 10.2 Å². The Kier molecular flexibility index (Phi) is 8.09. The van der Waals surface area contributed by atoms with Crippen molar-refractivity contribution in [1.29, 1.82) is 0 Å². The lowest BCUT2D eigenvalue weighted by Crippen LogP contribution is -2.48. The molecule has 0 radical (unpaired) electrons. The highest BCUT2D eigenvalue weighted by molar-refractivity contribution is 7.57. The molecule has 13 heteroatoms. The summed E-state index contributed by atoms with van der Waals surface area (Å²) in [5.41, 5.74) is 5.48. The van der Waals surface area contributed by atoms with Gasteiger partial charge >= 0.3 is 13.5 Å². The summed E-state index contributed by atoms with van der Waals surface area (Å²) in [6, 6.07) is 5.04. The number of esters is 1. The van der Waals surface area contributed by atoms with E-state index in [2.05, 4.69) is 20.0 Å². The van der Waals surface area contributed by atoms with Crippen molar-refractivity contribution in [1.82, 2.24) is 24.6 Å². The molecule has 1 aromatic carbocycles. The molecule has 2 atom stereocenters. The number of fused-ring (bicyclic) bond motifs is 1. The average molecular weight is 508 g/mol. The summed E-state index contributed by atoms with van der Waals surface area (Å²) in [5.74, 6) is -0.660. The predicted octanol–water partition coefficient (Wildman–Crippen LogP) is 3.50. The Morgan fingerprint density at radius 2 is 1.89 bits per heavy atom. The molecule has 0 aliphatic carbocycles. The van der Waals surface area contributed by atoms with E-state index >= 15 is 0 Å². The smallest absolute Gasteiger partial charge is 0.342 e. The molecule has 0 amide bonds. The number of nitrogen functional groups attached to an aromatic ring is 1. The molecular formula is C22H30FN6O5P. The Morgan fingerprint density at radius 3 is 2.54 bits per heavy atom. The minimum absolute atomic E-state index is 0.152. The van der Waals surface area contributed by atoms with Gasteiger partial charge in [-0.2, -0.15) is 0 Å². The van der Waals surface area contributed by atoms with Crippen LogP contribution in [-0.2, 0) is 25.4 Å². The monoisotopic (exact) mass is 508 g/mol. The molecule has 11 nitrogen and oxygen atoms in total. The molecule has 190 valence electrons. The normalized spacial score (nSPS) is 14.6. The van der Waals surface area contributed by atoms with Gasteiger partial charge in [0.15, 0.2) is 11.5 Å². The molecule has 3 N–H and O–H groups in total. The number of carbonyl (C=O) groups excluding carboxylic acids is 1. The van der Waals surface area contributed by atoms with Crippen molar-refractivity contribution in [3.8, 4) is 5.75 Å². The lowest BCUT2D eigenvalue weighted by Gasteiger charge is -2.31. The summed E-state index contributed by atoms with van der Waals surface area (Å²) >= 11 is 0. The number of halogens is 1. The lowest BCUT2D eigenvalue weighted by atomic mass is 10.1. The molecule has 0 saturated carbocycles. The topological polar surface area (TPSA) is 143 Å². The van der Waals surface area contributed by atoms with Crippen molar-refractivity contribution in [3.63, 3.8) is 0 Å². The number of rotatable bonds is 11. The van der Waals surface area contributed by atoms with Crippen molar-refractivity contribution >= 4 is 30.5 Å². The molecule has 2 aromatic heterocycles. The molecule has 0 spiro atoms. The van der Waals surface area contributed by atoms with Crippen LogP contribution >= 0.6 is 7.52 Å². The molecule has 0 bridgehead atoms. The predicted molar refractivity (Wildman–Crippen MR) is 128 cm³/mol. The molecule has 2 unspecified atom stereocenters. The van der Waals surface area contributed by atoms with E-state index in [-0.39, 0.29) is 24.0 Å². The third-order valence-corrected chi connectivity index (χ3v) is 6.68. The maximum atomic E-state index is 13.8. The van der Waals surface area contributed by atoms with Gasteiger partial charge in [-0.25, -0.2) is 24.4 Å². The van der Waals surface area contributed by atoms with Crippen LogP contribution < -0.4 is 15.3 Å². The number of nitrogens with zero attached hydrogens (tertiary/aromatic N) is 4. The highest BCUT2D eigenvalue weighted by Gasteiger charge is 2.40. The first kappa shape index (κ1) is 26.5. The number of nitrogens with one attached hydrogen (secondary N) is 1. The summed E-state index contributed by atoms with van der Waals surface area (Å²) in [6.07, 6.45) is 1.71. The molecule has 0 saturated heterocycles. The first-order valence-electron chi connectivity index (χ1n) is 11.0. The fourth-order valence-corrected chi connectivity index (χ4v) is 5.19. The molecule has 0 aliphatic rings. The van der Waals surface area contributed by atoms with Crippen LogP contribution in [0.15, 0.2) is 36.9 Å². The largest absolute Gasteiger partial charge is 0.462 e. The van der Waals surface area contributed by atoms with Crippen LogP contribution in [0.1, 0.15) is 34.6 Å². The van der Waals surface area contributed by atoms with Crippen LogP contribution in [0.2, 0.25) is 0 Å². The second-order valence-corrected chi connectivity index (χ2v) is 10.9. The summed E-state index contributed by atoms with van der Waals surface area (Å²) < 4.78 is 45.7. The lowest BCUT2D eigenvalue weighted by molar-refractivity contribution is -0.153. The minimum atomic E-state index is -3.84. The fraction of sp³-hybridized carbons (Fsp3) is 0.455. The van der Waals surface area contributed by atoms with Gasteiger partial charge in [-0.15, -0.1) is 0 Å². The summed E-state index contributed by atoms with van der Waals surface area (Å²) in [6.45, 7) is 8.59. The number of ether oxygens (including phenoxy) is 2. The van der Waals surface area contributed by atoms with E-state index in [1.165, 1.54) is 44.4 Å². The van der Waals surface area contributed by atoms with Crippen LogP contribution in [0.5, 0.6) is 5.75 Å². The summed E-state index contributed by atoms with van der Waals surface area (Å²) in [5, 5.41) is 2.77. The van der Waals surface area contributed by atoms with E-state index in [9.17, 15) is 13.8 Å². The first-order valence-corrected chi connectivity index (χ1v) is 12.8. The van der Waals surface area contributed by atoms with Crippen molar-refractivity contribution in [2.24, 2.45) is 0 Å². The highest BCUT2D eigenvalue weighted by atomic mass is 31.2. The van der Waals surface area contributed by atoms with Gasteiger partial charge in [0.25, 0.3) is 0 Å². The van der Waals surface area contributed by atoms with E-state index in [4.69, 9.17) is 19.7 Å². The molecule has 3 rings (SSSR count). The number of carbonyl (C=O) groups is 1. The third kappa shape index (κ3) is 6.97. The summed E-state index contributed by atoms with van der Waals surface area (Å²) in [4.78, 5) is 24.9. The maximum absolute atomic E-state index is 13.8. The van der Waals surface area contributed by atoms with Gasteiger partial charge in [0.2, 0.25) is 0 Å². The second kappa shape index (κ2) is 10.7. The van der Waals surface area contributed by atoms with Crippen molar-refractivity contribution in [3.05, 3.63) is 42.7 Å². The third-order valence-electron chi connectivity index (χ3n) is 4.78. The van der Waals surface area contributed by atoms with Gasteiger partial charge in [-0.3, -0.25) is 9.36 Å². The number of nitrogens with two attached hydrogens (primary N) is 1. The summed E-state index contributed by atoms with van der Waals surface area (Å²) in [7, 11) is -3.84. The average Bonchev–Trinajstić information content (AvgIpc) is 3.17. The standard InChI is InChI=1S/C22H30FN6O5P/c1-14(2)33-21(30)22(4,5)28-35(31,34-17-8-6-16(23)7-9-17)13-32-15(3)10-29-12-27-18-19(24)25-11-26-20(18)29/h6-9,11-12,14-15H,10,13H2,1-5H3,(H,28,31)(H2,24,25,26). The van der Waals surface area contributed by atoms with Crippen molar-refractivity contribution < 1.29 is 27.7 Å². The second-order valence-electron chi connectivity index (χ2n) is 8.84. The zero-order chi connectivity index (χ0) is 25.8. The maximum Gasteiger partial charge on any atom is 0.342 e. The number of anilines is 1. The van der Waals surface area contributed by atoms with E-state index in [1.807, 2.05) is 0 Å².